The second-order valence-corrected chi connectivity index (χ2v) is 3.31. The van der Waals surface area contributed by atoms with E-state index in [9.17, 15) is 0 Å². The number of hydrogen-bond donors (Lipinski definition) is 3. The minimum Gasteiger partial charge on any atom is -0.494 e. The molecule has 0 radical (unpaired) electrons. The molecule has 0 unspecified atom stereocenters. The summed E-state index contributed by atoms with van der Waals surface area (Å²) in [5.41, 5.74) is 3.48. The zero-order valence-electron chi connectivity index (χ0n) is 8.62. The maximum Gasteiger partial charge on any atom is 0.180 e. The highest BCUT2D eigenvalue weighted by molar-refractivity contribution is 7.80. The van der Waals surface area contributed by atoms with E-state index < -0.39 is 0 Å². The fraction of sp³-hybridized carbons (Fsp3) is 0.300. The quantitative estimate of drug-likeness (QED) is 0.404. The topological polar surface area (TPSA) is 59.3 Å². The predicted octanol–water partition coefficient (Wildman–Crippen LogP) is 0.923. The lowest BCUT2D eigenvalue weighted by Gasteiger charge is -2.07. The summed E-state index contributed by atoms with van der Waals surface area (Å²) in [6.07, 6.45) is 0. The summed E-state index contributed by atoms with van der Waals surface area (Å²) in [4.78, 5) is 0. The Kier molecular flexibility index (Phi) is 4.86. The van der Waals surface area contributed by atoms with Gasteiger partial charge in [-0.2, -0.15) is 0 Å². The van der Waals surface area contributed by atoms with E-state index in [0.29, 0.717) is 18.3 Å². The molecule has 0 atom stereocenters. The third-order valence-corrected chi connectivity index (χ3v) is 2.08. The van der Waals surface area contributed by atoms with Gasteiger partial charge in [-0.05, 0) is 36.8 Å². The summed E-state index contributed by atoms with van der Waals surface area (Å²) in [6.45, 7) is 3.29. The Bertz CT molecular complexity index is 313. The van der Waals surface area contributed by atoms with Crippen LogP contribution in [-0.2, 0) is 6.54 Å². The summed E-state index contributed by atoms with van der Waals surface area (Å²) in [7, 11) is 0. The lowest BCUT2D eigenvalue weighted by atomic mass is 10.2. The molecule has 0 aromatic heterocycles. The third-order valence-electron chi connectivity index (χ3n) is 1.82. The first-order valence-corrected chi connectivity index (χ1v) is 5.13. The van der Waals surface area contributed by atoms with Gasteiger partial charge in [0.1, 0.15) is 5.75 Å². The fourth-order valence-corrected chi connectivity index (χ4v) is 1.18. The second kappa shape index (κ2) is 6.21. The molecule has 0 amide bonds. The molecule has 0 heterocycles. The molecule has 0 saturated carbocycles. The molecule has 0 fully saturated rings. The monoisotopic (exact) mass is 225 g/mol. The van der Waals surface area contributed by atoms with Crippen LogP contribution in [-0.4, -0.2) is 11.7 Å². The summed E-state index contributed by atoms with van der Waals surface area (Å²) >= 11 is 4.85. The van der Waals surface area contributed by atoms with E-state index in [1.54, 1.807) is 0 Å². The largest absolute Gasteiger partial charge is 0.494 e. The molecule has 4 N–H and O–H groups in total. The fourth-order valence-electron chi connectivity index (χ4n) is 1.10. The van der Waals surface area contributed by atoms with E-state index >= 15 is 0 Å². The van der Waals surface area contributed by atoms with Crippen molar-refractivity contribution in [3.05, 3.63) is 29.8 Å². The molecule has 4 nitrogen and oxygen atoms in total. The van der Waals surface area contributed by atoms with Crippen LogP contribution >= 0.6 is 12.2 Å². The van der Waals surface area contributed by atoms with Gasteiger partial charge < -0.3 is 15.5 Å². The molecule has 15 heavy (non-hydrogen) atoms. The number of hydrazine groups is 1. The van der Waals surface area contributed by atoms with Gasteiger partial charge >= 0.3 is 0 Å². The third kappa shape index (κ3) is 4.14. The van der Waals surface area contributed by atoms with Crippen molar-refractivity contribution in [2.24, 2.45) is 5.84 Å². The van der Waals surface area contributed by atoms with Gasteiger partial charge in [-0.25, -0.2) is 5.84 Å². The van der Waals surface area contributed by atoms with Gasteiger partial charge in [-0.3, -0.25) is 0 Å². The van der Waals surface area contributed by atoms with Crippen molar-refractivity contribution in [1.82, 2.24) is 10.7 Å². The molecular weight excluding hydrogens is 210 g/mol. The van der Waals surface area contributed by atoms with Crippen LogP contribution in [0.25, 0.3) is 0 Å². The van der Waals surface area contributed by atoms with Crippen LogP contribution in [0.15, 0.2) is 24.3 Å². The van der Waals surface area contributed by atoms with Crippen molar-refractivity contribution in [3.8, 4) is 5.75 Å². The van der Waals surface area contributed by atoms with Crippen LogP contribution in [0.2, 0.25) is 0 Å². The zero-order chi connectivity index (χ0) is 11.1. The SMILES string of the molecule is CCOc1ccc(CNC(=S)NN)cc1. The van der Waals surface area contributed by atoms with Gasteiger partial charge in [0.15, 0.2) is 5.11 Å². The van der Waals surface area contributed by atoms with Crippen molar-refractivity contribution >= 4 is 17.3 Å². The van der Waals surface area contributed by atoms with Crippen molar-refractivity contribution < 1.29 is 4.74 Å². The van der Waals surface area contributed by atoms with Gasteiger partial charge in [0.25, 0.3) is 0 Å². The molecular formula is C10H15N3OS. The van der Waals surface area contributed by atoms with Crippen LogP contribution in [0.1, 0.15) is 12.5 Å². The molecule has 0 aliphatic rings. The van der Waals surface area contributed by atoms with Gasteiger partial charge in [-0.1, -0.05) is 12.1 Å². The van der Waals surface area contributed by atoms with Gasteiger partial charge in [0.2, 0.25) is 0 Å². The number of thiocarbonyl (C=S) groups is 1. The second-order valence-electron chi connectivity index (χ2n) is 2.90. The van der Waals surface area contributed by atoms with Gasteiger partial charge in [0.05, 0.1) is 6.61 Å². The van der Waals surface area contributed by atoms with E-state index in [1.165, 1.54) is 0 Å². The van der Waals surface area contributed by atoms with Gasteiger partial charge in [-0.15, -0.1) is 0 Å². The summed E-state index contributed by atoms with van der Waals surface area (Å²) in [5.74, 6) is 6.00. The maximum absolute atomic E-state index is 5.33. The predicted molar refractivity (Wildman–Crippen MR) is 64.4 cm³/mol. The van der Waals surface area contributed by atoms with Crippen molar-refractivity contribution in [1.29, 1.82) is 0 Å². The molecule has 0 aliphatic carbocycles. The van der Waals surface area contributed by atoms with Gasteiger partial charge in [0, 0.05) is 6.54 Å². The first-order valence-electron chi connectivity index (χ1n) is 4.72. The Morgan fingerprint density at radius 3 is 2.60 bits per heavy atom. The van der Waals surface area contributed by atoms with Crippen LogP contribution in [0.5, 0.6) is 5.75 Å². The highest BCUT2D eigenvalue weighted by Crippen LogP contribution is 2.11. The summed E-state index contributed by atoms with van der Waals surface area (Å²) in [6, 6.07) is 7.83. The average molecular weight is 225 g/mol. The number of ether oxygens (including phenoxy) is 1. The normalized spacial score (nSPS) is 9.47. The molecule has 0 aliphatic heterocycles. The lowest BCUT2D eigenvalue weighted by Crippen LogP contribution is -2.39. The summed E-state index contributed by atoms with van der Waals surface area (Å²) < 4.78 is 5.33. The Balaban J connectivity index is 2.45. The molecule has 0 saturated heterocycles. The number of rotatable bonds is 4. The highest BCUT2D eigenvalue weighted by Gasteiger charge is 1.95. The van der Waals surface area contributed by atoms with Crippen molar-refractivity contribution in [3.63, 3.8) is 0 Å². The minimum absolute atomic E-state index is 0.434. The molecule has 5 heteroatoms. The van der Waals surface area contributed by atoms with Crippen LogP contribution in [0.3, 0.4) is 0 Å². The number of nitrogens with two attached hydrogens (primary N) is 1. The minimum atomic E-state index is 0.434. The summed E-state index contributed by atoms with van der Waals surface area (Å²) in [5, 5.41) is 3.39. The van der Waals surface area contributed by atoms with E-state index in [2.05, 4.69) is 10.7 Å². The highest BCUT2D eigenvalue weighted by atomic mass is 32.1. The van der Waals surface area contributed by atoms with Crippen molar-refractivity contribution in [2.75, 3.05) is 6.61 Å². The van der Waals surface area contributed by atoms with E-state index in [-0.39, 0.29) is 0 Å². The maximum atomic E-state index is 5.33. The van der Waals surface area contributed by atoms with E-state index in [4.69, 9.17) is 22.8 Å². The number of hydrogen-bond acceptors (Lipinski definition) is 3. The molecule has 0 spiro atoms. The Morgan fingerprint density at radius 2 is 2.07 bits per heavy atom. The standard InChI is InChI=1S/C10H15N3OS/c1-2-14-9-5-3-8(4-6-9)7-12-10(15)13-11/h3-6H,2,7,11H2,1H3,(H2,12,13,15). The van der Waals surface area contributed by atoms with Crippen molar-refractivity contribution in [2.45, 2.75) is 13.5 Å². The Morgan fingerprint density at radius 1 is 1.40 bits per heavy atom. The van der Waals surface area contributed by atoms with Crippen LogP contribution < -0.4 is 21.3 Å². The molecule has 1 rings (SSSR count). The molecule has 82 valence electrons. The van der Waals surface area contributed by atoms with Crippen LogP contribution in [0, 0.1) is 0 Å². The van der Waals surface area contributed by atoms with E-state index in [1.807, 2.05) is 31.2 Å². The first-order chi connectivity index (χ1) is 7.26. The van der Waals surface area contributed by atoms with Crippen LogP contribution in [0.4, 0.5) is 0 Å². The first kappa shape index (κ1) is 11.7. The molecule has 1 aromatic carbocycles. The molecule has 1 aromatic rings. The Hall–Kier alpha value is -1.33. The average Bonchev–Trinajstić information content (AvgIpc) is 2.28. The molecule has 0 bridgehead atoms. The Labute approximate surface area is 94.8 Å². The number of benzene rings is 1. The number of nitrogens with one attached hydrogen (secondary N) is 2. The smallest absolute Gasteiger partial charge is 0.180 e. The van der Waals surface area contributed by atoms with E-state index in [0.717, 1.165) is 11.3 Å². The zero-order valence-corrected chi connectivity index (χ0v) is 9.43. The lowest BCUT2D eigenvalue weighted by molar-refractivity contribution is 0.340.